The van der Waals surface area contributed by atoms with Crippen LogP contribution in [0.4, 0.5) is 0 Å². The minimum atomic E-state index is -0.471. The Morgan fingerprint density at radius 1 is 1.03 bits per heavy atom. The maximum atomic E-state index is 12.5. The Kier molecular flexibility index (Phi) is 5.29. The number of carbonyl (C=O) groups is 1. The van der Waals surface area contributed by atoms with E-state index in [4.69, 9.17) is 11.6 Å². The monoisotopic (exact) mass is 417 g/mol. The van der Waals surface area contributed by atoms with E-state index in [9.17, 15) is 9.90 Å². The first-order valence-corrected chi connectivity index (χ1v) is 9.82. The Bertz CT molecular complexity index is 1270. The number of aromatic hydroxyl groups is 1. The number of hydrogen-bond acceptors (Lipinski definition) is 3. The molecule has 1 amide bonds. The zero-order valence-electron chi connectivity index (χ0n) is 16.6. The number of benzene rings is 3. The summed E-state index contributed by atoms with van der Waals surface area (Å²) in [5.74, 6) is -0.552. The summed E-state index contributed by atoms with van der Waals surface area (Å²) in [5.41, 5.74) is 6.58. The highest BCUT2D eigenvalue weighted by Gasteiger charge is 2.13. The molecular formula is C24H20ClN3O2. The van der Waals surface area contributed by atoms with Gasteiger partial charge in [-0.05, 0) is 67.1 Å². The minimum Gasteiger partial charge on any atom is -0.507 e. The molecule has 30 heavy (non-hydrogen) atoms. The number of hydrazone groups is 1. The Morgan fingerprint density at radius 2 is 1.70 bits per heavy atom. The van der Waals surface area contributed by atoms with Gasteiger partial charge in [0.05, 0.1) is 11.8 Å². The number of phenolic OH excluding ortho intramolecular Hbond substituents is 1. The lowest BCUT2D eigenvalue weighted by molar-refractivity contribution is 0.0952. The van der Waals surface area contributed by atoms with Gasteiger partial charge in [0.2, 0.25) is 0 Å². The first-order valence-electron chi connectivity index (χ1n) is 9.44. The molecule has 0 unspecified atom stereocenters. The topological polar surface area (TPSA) is 66.6 Å². The van der Waals surface area contributed by atoms with Gasteiger partial charge in [-0.1, -0.05) is 35.9 Å². The van der Waals surface area contributed by atoms with E-state index >= 15 is 0 Å². The van der Waals surface area contributed by atoms with Crippen LogP contribution in [0.2, 0.25) is 5.02 Å². The summed E-state index contributed by atoms with van der Waals surface area (Å²) in [6.45, 7) is 3.99. The molecule has 0 atom stereocenters. The lowest BCUT2D eigenvalue weighted by Gasteiger charge is -2.09. The molecule has 1 heterocycles. The third kappa shape index (κ3) is 3.80. The zero-order valence-corrected chi connectivity index (χ0v) is 17.3. The van der Waals surface area contributed by atoms with Crippen LogP contribution < -0.4 is 5.43 Å². The molecular weight excluding hydrogens is 398 g/mol. The highest BCUT2D eigenvalue weighted by molar-refractivity contribution is 6.30. The van der Waals surface area contributed by atoms with Crippen molar-refractivity contribution in [3.05, 3.63) is 94.3 Å². The van der Waals surface area contributed by atoms with Crippen molar-refractivity contribution in [3.63, 3.8) is 0 Å². The van der Waals surface area contributed by atoms with Crippen LogP contribution in [0.5, 0.6) is 5.75 Å². The molecule has 3 aromatic carbocycles. The minimum absolute atomic E-state index is 0.0812. The Hall–Kier alpha value is -3.57. The number of hydrogen-bond donors (Lipinski definition) is 2. The average molecular weight is 418 g/mol. The molecule has 1 aromatic heterocycles. The summed E-state index contributed by atoms with van der Waals surface area (Å²) < 4.78 is 2.09. The van der Waals surface area contributed by atoms with Crippen LogP contribution in [0.3, 0.4) is 0 Å². The van der Waals surface area contributed by atoms with Gasteiger partial charge in [-0.25, -0.2) is 5.43 Å². The number of nitrogens with zero attached hydrogens (tertiary/aromatic N) is 2. The Balaban J connectivity index is 1.55. The number of carbonyl (C=O) groups excluding carboxylic acids is 1. The van der Waals surface area contributed by atoms with Gasteiger partial charge in [-0.3, -0.25) is 4.79 Å². The second-order valence-electron chi connectivity index (χ2n) is 7.05. The first kappa shape index (κ1) is 19.7. The van der Waals surface area contributed by atoms with Crippen molar-refractivity contribution < 1.29 is 9.90 Å². The standard InChI is InChI=1S/C24H20ClN3O2/c1-15-11-19(16(2)28(15)21-9-7-20(25)8-10-21)14-26-27-24(30)22-12-17-5-3-4-6-18(17)13-23(22)29/h3-14,29H,1-2H3,(H,27,30). The SMILES string of the molecule is Cc1cc(C=NNC(=O)c2cc3ccccc3cc2O)c(C)n1-c1ccc(Cl)cc1. The van der Waals surface area contributed by atoms with Crippen LogP contribution in [0, 0.1) is 13.8 Å². The molecule has 6 heteroatoms. The molecule has 0 aliphatic rings. The second kappa shape index (κ2) is 8.05. The van der Waals surface area contributed by atoms with Gasteiger partial charge in [0.1, 0.15) is 5.75 Å². The van der Waals surface area contributed by atoms with Gasteiger partial charge in [0, 0.05) is 27.7 Å². The van der Waals surface area contributed by atoms with Crippen molar-refractivity contribution in [2.45, 2.75) is 13.8 Å². The molecule has 2 N–H and O–H groups in total. The highest BCUT2D eigenvalue weighted by atomic mass is 35.5. The van der Waals surface area contributed by atoms with Crippen LogP contribution in [-0.4, -0.2) is 21.8 Å². The van der Waals surface area contributed by atoms with E-state index < -0.39 is 5.91 Å². The first-order chi connectivity index (χ1) is 14.4. The number of rotatable bonds is 4. The summed E-state index contributed by atoms with van der Waals surface area (Å²) in [7, 11) is 0. The van der Waals surface area contributed by atoms with Gasteiger partial charge in [0.25, 0.3) is 5.91 Å². The van der Waals surface area contributed by atoms with E-state index in [1.807, 2.05) is 68.4 Å². The number of fused-ring (bicyclic) bond motifs is 1. The summed E-state index contributed by atoms with van der Waals surface area (Å²) in [6.07, 6.45) is 1.60. The Morgan fingerprint density at radius 3 is 2.40 bits per heavy atom. The van der Waals surface area contributed by atoms with Gasteiger partial charge in [-0.15, -0.1) is 0 Å². The predicted molar refractivity (Wildman–Crippen MR) is 121 cm³/mol. The van der Waals surface area contributed by atoms with Crippen molar-refractivity contribution in [2.75, 3.05) is 0 Å². The largest absolute Gasteiger partial charge is 0.507 e. The average Bonchev–Trinajstić information content (AvgIpc) is 3.01. The molecule has 0 aliphatic carbocycles. The predicted octanol–water partition coefficient (Wildman–Crippen LogP) is 5.37. The van der Waals surface area contributed by atoms with Crippen LogP contribution in [0.1, 0.15) is 27.3 Å². The molecule has 0 aliphatic heterocycles. The molecule has 150 valence electrons. The number of amides is 1. The molecule has 0 radical (unpaired) electrons. The third-order valence-corrected chi connectivity index (χ3v) is 5.29. The van der Waals surface area contributed by atoms with E-state index in [2.05, 4.69) is 15.1 Å². The number of phenols is 1. The van der Waals surface area contributed by atoms with E-state index in [0.717, 1.165) is 33.4 Å². The maximum Gasteiger partial charge on any atom is 0.275 e. The van der Waals surface area contributed by atoms with Crippen molar-refractivity contribution in [2.24, 2.45) is 5.10 Å². The third-order valence-electron chi connectivity index (χ3n) is 5.03. The molecule has 4 rings (SSSR count). The number of nitrogens with one attached hydrogen (secondary N) is 1. The number of halogens is 1. The quantitative estimate of drug-likeness (QED) is 0.346. The van der Waals surface area contributed by atoms with Gasteiger partial charge >= 0.3 is 0 Å². The normalized spacial score (nSPS) is 11.3. The van der Waals surface area contributed by atoms with Crippen molar-refractivity contribution in [1.29, 1.82) is 0 Å². The fourth-order valence-corrected chi connectivity index (χ4v) is 3.66. The molecule has 0 saturated carbocycles. The smallest absolute Gasteiger partial charge is 0.275 e. The van der Waals surface area contributed by atoms with Crippen molar-refractivity contribution in [1.82, 2.24) is 9.99 Å². The van der Waals surface area contributed by atoms with Crippen molar-refractivity contribution in [3.8, 4) is 11.4 Å². The van der Waals surface area contributed by atoms with Crippen LogP contribution >= 0.6 is 11.6 Å². The van der Waals surface area contributed by atoms with Gasteiger partial charge in [0.15, 0.2) is 0 Å². The highest BCUT2D eigenvalue weighted by Crippen LogP contribution is 2.25. The maximum absolute atomic E-state index is 12.5. The van der Waals surface area contributed by atoms with Crippen LogP contribution in [0.15, 0.2) is 71.8 Å². The van der Waals surface area contributed by atoms with Gasteiger partial charge < -0.3 is 9.67 Å². The zero-order chi connectivity index (χ0) is 21.3. The van der Waals surface area contributed by atoms with Crippen LogP contribution in [-0.2, 0) is 0 Å². The van der Waals surface area contributed by atoms with Gasteiger partial charge in [-0.2, -0.15) is 5.10 Å². The molecule has 0 bridgehead atoms. The number of aromatic nitrogens is 1. The summed E-state index contributed by atoms with van der Waals surface area (Å²) in [4.78, 5) is 12.5. The summed E-state index contributed by atoms with van der Waals surface area (Å²) in [6, 6.07) is 20.4. The molecule has 4 aromatic rings. The summed E-state index contributed by atoms with van der Waals surface area (Å²) >= 11 is 5.99. The van der Waals surface area contributed by atoms with E-state index in [-0.39, 0.29) is 11.3 Å². The fourth-order valence-electron chi connectivity index (χ4n) is 3.54. The lowest BCUT2D eigenvalue weighted by Crippen LogP contribution is -2.17. The molecule has 5 nitrogen and oxygen atoms in total. The van der Waals surface area contributed by atoms with E-state index in [1.165, 1.54) is 0 Å². The lowest BCUT2D eigenvalue weighted by atomic mass is 10.1. The Labute approximate surface area is 179 Å². The number of aryl methyl sites for hydroxylation is 1. The van der Waals surface area contributed by atoms with Crippen molar-refractivity contribution >= 4 is 34.5 Å². The van der Waals surface area contributed by atoms with E-state index in [0.29, 0.717) is 5.02 Å². The summed E-state index contributed by atoms with van der Waals surface area (Å²) in [5, 5.41) is 16.7. The van der Waals surface area contributed by atoms with Crippen LogP contribution in [0.25, 0.3) is 16.5 Å². The molecule has 0 saturated heterocycles. The van der Waals surface area contributed by atoms with E-state index in [1.54, 1.807) is 18.3 Å². The molecule has 0 spiro atoms. The molecule has 0 fully saturated rings. The fraction of sp³-hybridized carbons (Fsp3) is 0.0833. The second-order valence-corrected chi connectivity index (χ2v) is 7.49.